The molecule has 2 rings (SSSR count). The van der Waals surface area contributed by atoms with Gasteiger partial charge in [0.05, 0.1) is 25.4 Å². The topological polar surface area (TPSA) is 44.8 Å². The van der Waals surface area contributed by atoms with Crippen LogP contribution in [0.15, 0.2) is 18.2 Å². The van der Waals surface area contributed by atoms with Crippen LogP contribution in [0, 0.1) is 0 Å². The van der Waals surface area contributed by atoms with Crippen molar-refractivity contribution in [3.63, 3.8) is 0 Å². The second-order valence-electron chi connectivity index (χ2n) is 3.43. The summed E-state index contributed by atoms with van der Waals surface area (Å²) in [6, 6.07) is 5.09. The lowest BCUT2D eigenvalue weighted by Gasteiger charge is -2.08. The molecule has 1 aliphatic heterocycles. The molecule has 0 bridgehead atoms. The van der Waals surface area contributed by atoms with Gasteiger partial charge in [-0.3, -0.25) is 0 Å². The monoisotopic (exact) mass is 222 g/mol. The summed E-state index contributed by atoms with van der Waals surface area (Å²) in [5.74, 6) is 0.965. The van der Waals surface area contributed by atoms with Crippen molar-refractivity contribution < 1.29 is 19.0 Å². The van der Waals surface area contributed by atoms with Crippen molar-refractivity contribution in [2.45, 2.75) is 13.3 Å². The van der Waals surface area contributed by atoms with Gasteiger partial charge < -0.3 is 14.2 Å². The van der Waals surface area contributed by atoms with E-state index in [1.165, 1.54) is 0 Å². The van der Waals surface area contributed by atoms with Crippen LogP contribution in [0.5, 0.6) is 11.5 Å². The maximum atomic E-state index is 11.5. The van der Waals surface area contributed by atoms with Crippen molar-refractivity contribution in [2.75, 3.05) is 19.8 Å². The molecule has 0 aromatic heterocycles. The van der Waals surface area contributed by atoms with Gasteiger partial charge >= 0.3 is 5.97 Å². The molecule has 1 aliphatic rings. The third-order valence-electron chi connectivity index (χ3n) is 2.26. The van der Waals surface area contributed by atoms with Crippen LogP contribution in [-0.4, -0.2) is 25.8 Å². The van der Waals surface area contributed by atoms with E-state index in [0.717, 1.165) is 6.42 Å². The van der Waals surface area contributed by atoms with Gasteiger partial charge in [-0.05, 0) is 25.1 Å². The Kier molecular flexibility index (Phi) is 3.29. The smallest absolute Gasteiger partial charge is 0.338 e. The number of carbonyl (C=O) groups is 1. The Balaban J connectivity index is 2.23. The van der Waals surface area contributed by atoms with Crippen LogP contribution in [0.2, 0.25) is 0 Å². The minimum atomic E-state index is -0.335. The Morgan fingerprint density at radius 1 is 1.31 bits per heavy atom. The summed E-state index contributed by atoms with van der Waals surface area (Å²) in [6.07, 6.45) is 0.851. The van der Waals surface area contributed by atoms with Crippen LogP contribution < -0.4 is 9.47 Å². The minimum Gasteiger partial charge on any atom is -0.490 e. The zero-order chi connectivity index (χ0) is 11.4. The Bertz CT molecular complexity index is 387. The lowest BCUT2D eigenvalue weighted by molar-refractivity contribution is 0.0526. The molecular formula is C12H14O4. The molecule has 4 nitrogen and oxygen atoms in total. The SMILES string of the molecule is CCOC(=O)c1ccc2c(c1)OCCCO2. The van der Waals surface area contributed by atoms with Crippen molar-refractivity contribution in [3.8, 4) is 11.5 Å². The number of rotatable bonds is 2. The van der Waals surface area contributed by atoms with Crippen molar-refractivity contribution in [3.05, 3.63) is 23.8 Å². The van der Waals surface area contributed by atoms with Gasteiger partial charge in [-0.1, -0.05) is 0 Å². The van der Waals surface area contributed by atoms with Gasteiger partial charge in [0, 0.05) is 6.42 Å². The molecule has 0 spiro atoms. The second kappa shape index (κ2) is 4.88. The Morgan fingerprint density at radius 2 is 2.06 bits per heavy atom. The Labute approximate surface area is 94.1 Å². The molecule has 0 saturated carbocycles. The van der Waals surface area contributed by atoms with Crippen LogP contribution in [-0.2, 0) is 4.74 Å². The van der Waals surface area contributed by atoms with E-state index in [4.69, 9.17) is 14.2 Å². The summed E-state index contributed by atoms with van der Waals surface area (Å²) in [7, 11) is 0. The van der Waals surface area contributed by atoms with Crippen molar-refractivity contribution in [2.24, 2.45) is 0 Å². The van der Waals surface area contributed by atoms with E-state index in [9.17, 15) is 4.79 Å². The number of carbonyl (C=O) groups excluding carboxylic acids is 1. The molecule has 0 unspecified atom stereocenters. The standard InChI is InChI=1S/C12H14O4/c1-2-14-12(13)9-4-5-10-11(8-9)16-7-3-6-15-10/h4-5,8H,2-3,6-7H2,1H3. The van der Waals surface area contributed by atoms with E-state index in [1.54, 1.807) is 25.1 Å². The number of benzene rings is 1. The van der Waals surface area contributed by atoms with Gasteiger partial charge in [0.1, 0.15) is 0 Å². The highest BCUT2D eigenvalue weighted by molar-refractivity contribution is 5.90. The molecule has 0 radical (unpaired) electrons. The molecule has 16 heavy (non-hydrogen) atoms. The first-order valence-electron chi connectivity index (χ1n) is 5.38. The van der Waals surface area contributed by atoms with Crippen LogP contribution in [0.25, 0.3) is 0 Å². The highest BCUT2D eigenvalue weighted by Crippen LogP contribution is 2.30. The number of hydrogen-bond donors (Lipinski definition) is 0. The predicted octanol–water partition coefficient (Wildman–Crippen LogP) is 2.02. The van der Waals surface area contributed by atoms with Crippen molar-refractivity contribution in [1.29, 1.82) is 0 Å². The zero-order valence-corrected chi connectivity index (χ0v) is 9.19. The van der Waals surface area contributed by atoms with E-state index in [2.05, 4.69) is 0 Å². The third kappa shape index (κ3) is 2.27. The Hall–Kier alpha value is -1.71. The van der Waals surface area contributed by atoms with Crippen LogP contribution in [0.3, 0.4) is 0 Å². The lowest BCUT2D eigenvalue weighted by Crippen LogP contribution is -2.05. The van der Waals surface area contributed by atoms with Crippen molar-refractivity contribution in [1.82, 2.24) is 0 Å². The Morgan fingerprint density at radius 3 is 2.81 bits per heavy atom. The molecule has 1 aromatic carbocycles. The van der Waals surface area contributed by atoms with Crippen LogP contribution in [0.4, 0.5) is 0 Å². The molecule has 0 atom stereocenters. The summed E-state index contributed by atoms with van der Waals surface area (Å²) in [4.78, 5) is 11.5. The summed E-state index contributed by atoms with van der Waals surface area (Å²) in [6.45, 7) is 3.40. The number of fused-ring (bicyclic) bond motifs is 1. The maximum absolute atomic E-state index is 11.5. The molecular weight excluding hydrogens is 208 g/mol. The first-order chi connectivity index (χ1) is 7.81. The number of esters is 1. The predicted molar refractivity (Wildman–Crippen MR) is 58.0 cm³/mol. The molecule has 0 saturated heterocycles. The molecule has 0 amide bonds. The quantitative estimate of drug-likeness (QED) is 0.718. The number of ether oxygens (including phenoxy) is 3. The fourth-order valence-corrected chi connectivity index (χ4v) is 1.50. The van der Waals surface area contributed by atoms with Gasteiger partial charge in [-0.15, -0.1) is 0 Å². The average molecular weight is 222 g/mol. The van der Waals surface area contributed by atoms with E-state index < -0.39 is 0 Å². The largest absolute Gasteiger partial charge is 0.490 e. The van der Waals surface area contributed by atoms with E-state index in [-0.39, 0.29) is 5.97 Å². The van der Waals surface area contributed by atoms with Gasteiger partial charge in [0.15, 0.2) is 11.5 Å². The first-order valence-corrected chi connectivity index (χ1v) is 5.38. The third-order valence-corrected chi connectivity index (χ3v) is 2.26. The molecule has 86 valence electrons. The molecule has 0 aliphatic carbocycles. The summed E-state index contributed by atoms with van der Waals surface area (Å²) in [5.41, 5.74) is 0.492. The van der Waals surface area contributed by atoms with Gasteiger partial charge in [0.2, 0.25) is 0 Å². The van der Waals surface area contributed by atoms with Gasteiger partial charge in [-0.25, -0.2) is 4.79 Å². The van der Waals surface area contributed by atoms with E-state index >= 15 is 0 Å². The molecule has 1 aromatic rings. The van der Waals surface area contributed by atoms with Gasteiger partial charge in [0.25, 0.3) is 0 Å². The lowest BCUT2D eigenvalue weighted by atomic mass is 10.2. The summed E-state index contributed by atoms with van der Waals surface area (Å²) in [5, 5.41) is 0. The van der Waals surface area contributed by atoms with E-state index in [0.29, 0.717) is 36.9 Å². The number of hydrogen-bond acceptors (Lipinski definition) is 4. The maximum Gasteiger partial charge on any atom is 0.338 e. The first kappa shape index (κ1) is 10.8. The van der Waals surface area contributed by atoms with Crippen LogP contribution in [0.1, 0.15) is 23.7 Å². The fourth-order valence-electron chi connectivity index (χ4n) is 1.50. The zero-order valence-electron chi connectivity index (χ0n) is 9.19. The van der Waals surface area contributed by atoms with Crippen molar-refractivity contribution >= 4 is 5.97 Å². The van der Waals surface area contributed by atoms with Crippen LogP contribution >= 0.6 is 0 Å². The fraction of sp³-hybridized carbons (Fsp3) is 0.417. The van der Waals surface area contributed by atoms with Gasteiger partial charge in [-0.2, -0.15) is 0 Å². The highest BCUT2D eigenvalue weighted by Gasteiger charge is 2.14. The molecule has 0 fully saturated rings. The normalized spacial score (nSPS) is 14.1. The molecule has 4 heteroatoms. The molecule has 1 heterocycles. The minimum absolute atomic E-state index is 0.335. The average Bonchev–Trinajstić information content (AvgIpc) is 2.53. The molecule has 0 N–H and O–H groups in total. The summed E-state index contributed by atoms with van der Waals surface area (Å²) >= 11 is 0. The van der Waals surface area contributed by atoms with E-state index in [1.807, 2.05) is 0 Å². The summed E-state index contributed by atoms with van der Waals surface area (Å²) < 4.78 is 15.9. The second-order valence-corrected chi connectivity index (χ2v) is 3.43. The highest BCUT2D eigenvalue weighted by atomic mass is 16.5.